The van der Waals surface area contributed by atoms with Crippen LogP contribution in [-0.2, 0) is 10.0 Å². The second kappa shape index (κ2) is 6.95. The maximum Gasteiger partial charge on any atom is 0.232 e. The van der Waals surface area contributed by atoms with Crippen LogP contribution in [0.4, 0.5) is 5.69 Å². The van der Waals surface area contributed by atoms with E-state index in [0.29, 0.717) is 24.8 Å². The summed E-state index contributed by atoms with van der Waals surface area (Å²) >= 11 is 0. The first-order chi connectivity index (χ1) is 9.59. The summed E-state index contributed by atoms with van der Waals surface area (Å²) in [6.45, 7) is 3.26. The van der Waals surface area contributed by atoms with Crippen LogP contribution in [0.1, 0.15) is 26.2 Å². The lowest BCUT2D eigenvalue weighted by molar-refractivity contribution is 0.340. The first-order valence-electron chi connectivity index (χ1n) is 7.06. The second-order valence-electron chi connectivity index (χ2n) is 4.96. The van der Waals surface area contributed by atoms with Crippen LogP contribution in [0.25, 0.3) is 0 Å². The Hall–Kier alpha value is -1.27. The van der Waals surface area contributed by atoms with Crippen molar-refractivity contribution < 1.29 is 13.2 Å². The molecule has 1 aliphatic carbocycles. The number of benzene rings is 1. The van der Waals surface area contributed by atoms with Gasteiger partial charge in [-0.05, 0) is 57.0 Å². The molecule has 1 aromatic rings. The maximum absolute atomic E-state index is 11.9. The quantitative estimate of drug-likeness (QED) is 0.684. The van der Waals surface area contributed by atoms with Crippen molar-refractivity contribution in [3.05, 3.63) is 24.3 Å². The molecule has 1 aliphatic rings. The zero-order valence-corrected chi connectivity index (χ0v) is 12.6. The lowest BCUT2D eigenvalue weighted by atomic mass is 10.3. The number of hydrogen-bond acceptors (Lipinski definition) is 4. The van der Waals surface area contributed by atoms with Gasteiger partial charge in [0.1, 0.15) is 5.75 Å². The Labute approximate surface area is 120 Å². The van der Waals surface area contributed by atoms with Crippen LogP contribution >= 0.6 is 0 Å². The normalized spacial score (nSPS) is 15.1. The van der Waals surface area contributed by atoms with Gasteiger partial charge in [0.05, 0.1) is 12.4 Å². The van der Waals surface area contributed by atoms with Gasteiger partial charge < -0.3 is 10.1 Å². The number of anilines is 1. The van der Waals surface area contributed by atoms with E-state index in [4.69, 9.17) is 4.74 Å². The van der Waals surface area contributed by atoms with E-state index in [2.05, 4.69) is 10.0 Å². The van der Waals surface area contributed by atoms with Gasteiger partial charge in [0.25, 0.3) is 0 Å². The molecular weight excluding hydrogens is 276 g/mol. The zero-order valence-electron chi connectivity index (χ0n) is 11.8. The van der Waals surface area contributed by atoms with Crippen molar-refractivity contribution in [1.82, 2.24) is 5.32 Å². The molecule has 0 amide bonds. The first kappa shape index (κ1) is 15.1. The summed E-state index contributed by atoms with van der Waals surface area (Å²) < 4.78 is 31.7. The molecule has 6 heteroatoms. The van der Waals surface area contributed by atoms with Crippen LogP contribution in [0.15, 0.2) is 24.3 Å². The van der Waals surface area contributed by atoms with Crippen LogP contribution in [0, 0.1) is 0 Å². The number of nitrogens with one attached hydrogen (secondary N) is 2. The molecule has 0 heterocycles. The largest absolute Gasteiger partial charge is 0.494 e. The highest BCUT2D eigenvalue weighted by Crippen LogP contribution is 2.19. The first-order valence-corrected chi connectivity index (χ1v) is 8.71. The van der Waals surface area contributed by atoms with Gasteiger partial charge in [-0.15, -0.1) is 0 Å². The molecular formula is C14H22N2O3S. The summed E-state index contributed by atoms with van der Waals surface area (Å²) in [7, 11) is -3.27. The Bertz CT molecular complexity index is 510. The van der Waals surface area contributed by atoms with Crippen molar-refractivity contribution in [2.24, 2.45) is 0 Å². The van der Waals surface area contributed by atoms with Crippen molar-refractivity contribution in [1.29, 1.82) is 0 Å². The second-order valence-corrected chi connectivity index (χ2v) is 6.80. The highest BCUT2D eigenvalue weighted by atomic mass is 32.2. The molecule has 0 bridgehead atoms. The van der Waals surface area contributed by atoms with E-state index >= 15 is 0 Å². The van der Waals surface area contributed by atoms with E-state index in [0.717, 1.165) is 12.3 Å². The number of rotatable bonds is 9. The van der Waals surface area contributed by atoms with Crippen molar-refractivity contribution in [3.63, 3.8) is 0 Å². The molecule has 2 N–H and O–H groups in total. The minimum atomic E-state index is -3.27. The van der Waals surface area contributed by atoms with E-state index < -0.39 is 10.0 Å². The molecule has 1 aromatic carbocycles. The van der Waals surface area contributed by atoms with E-state index in [1.165, 1.54) is 12.8 Å². The molecule has 2 rings (SSSR count). The van der Waals surface area contributed by atoms with Crippen molar-refractivity contribution in [3.8, 4) is 5.75 Å². The molecule has 20 heavy (non-hydrogen) atoms. The van der Waals surface area contributed by atoms with Crippen molar-refractivity contribution in [2.75, 3.05) is 23.6 Å². The van der Waals surface area contributed by atoms with Gasteiger partial charge in [-0.1, -0.05) is 0 Å². The molecule has 0 atom stereocenters. The standard InChI is InChI=1S/C14H22N2O3S/c1-2-19-14-8-6-13(7-9-14)16-20(17,18)11-3-10-15-12-4-5-12/h6-9,12,15-16H,2-5,10-11H2,1H3. The Morgan fingerprint density at radius 1 is 1.25 bits per heavy atom. The summed E-state index contributed by atoms with van der Waals surface area (Å²) in [6.07, 6.45) is 3.07. The fraction of sp³-hybridized carbons (Fsp3) is 0.571. The van der Waals surface area contributed by atoms with Crippen LogP contribution in [0.3, 0.4) is 0 Å². The smallest absolute Gasteiger partial charge is 0.232 e. The summed E-state index contributed by atoms with van der Waals surface area (Å²) in [5, 5.41) is 3.31. The SMILES string of the molecule is CCOc1ccc(NS(=O)(=O)CCCNC2CC2)cc1. The highest BCUT2D eigenvalue weighted by Gasteiger charge is 2.20. The lowest BCUT2D eigenvalue weighted by Crippen LogP contribution is -2.23. The number of hydrogen-bond donors (Lipinski definition) is 2. The third kappa shape index (κ3) is 5.38. The van der Waals surface area contributed by atoms with Gasteiger partial charge >= 0.3 is 0 Å². The van der Waals surface area contributed by atoms with Gasteiger partial charge in [0, 0.05) is 11.7 Å². The van der Waals surface area contributed by atoms with Crippen LogP contribution in [0.5, 0.6) is 5.75 Å². The molecule has 0 radical (unpaired) electrons. The van der Waals surface area contributed by atoms with E-state index in [-0.39, 0.29) is 5.75 Å². The molecule has 0 aliphatic heterocycles. The summed E-state index contributed by atoms with van der Waals surface area (Å²) in [4.78, 5) is 0. The van der Waals surface area contributed by atoms with Gasteiger partial charge in [-0.25, -0.2) is 8.42 Å². The minimum Gasteiger partial charge on any atom is -0.494 e. The van der Waals surface area contributed by atoms with E-state index in [1.807, 2.05) is 6.92 Å². The lowest BCUT2D eigenvalue weighted by Gasteiger charge is -2.09. The molecule has 0 aromatic heterocycles. The maximum atomic E-state index is 11.9. The van der Waals surface area contributed by atoms with E-state index in [1.54, 1.807) is 24.3 Å². The van der Waals surface area contributed by atoms with Gasteiger partial charge in [-0.3, -0.25) is 4.72 Å². The Morgan fingerprint density at radius 3 is 2.55 bits per heavy atom. The van der Waals surface area contributed by atoms with E-state index in [9.17, 15) is 8.42 Å². The highest BCUT2D eigenvalue weighted by molar-refractivity contribution is 7.92. The number of ether oxygens (including phenoxy) is 1. The Balaban J connectivity index is 1.77. The average Bonchev–Trinajstić information content (AvgIpc) is 3.21. The molecule has 0 spiro atoms. The van der Waals surface area contributed by atoms with Crippen LogP contribution < -0.4 is 14.8 Å². The molecule has 112 valence electrons. The van der Waals surface area contributed by atoms with Gasteiger partial charge in [-0.2, -0.15) is 0 Å². The molecule has 1 fully saturated rings. The molecule has 0 unspecified atom stereocenters. The number of sulfonamides is 1. The predicted molar refractivity (Wildman–Crippen MR) is 80.7 cm³/mol. The Morgan fingerprint density at radius 2 is 1.95 bits per heavy atom. The minimum absolute atomic E-state index is 0.139. The van der Waals surface area contributed by atoms with Crippen molar-refractivity contribution >= 4 is 15.7 Å². The topological polar surface area (TPSA) is 67.4 Å². The molecule has 5 nitrogen and oxygen atoms in total. The summed E-state index contributed by atoms with van der Waals surface area (Å²) in [5.41, 5.74) is 0.573. The third-order valence-corrected chi connectivity index (χ3v) is 4.41. The predicted octanol–water partition coefficient (Wildman–Crippen LogP) is 1.97. The zero-order chi connectivity index (χ0) is 14.4. The Kier molecular flexibility index (Phi) is 5.25. The van der Waals surface area contributed by atoms with Crippen molar-refractivity contribution in [2.45, 2.75) is 32.2 Å². The monoisotopic (exact) mass is 298 g/mol. The fourth-order valence-electron chi connectivity index (χ4n) is 1.87. The fourth-order valence-corrected chi connectivity index (χ4v) is 2.99. The third-order valence-electron chi connectivity index (χ3n) is 3.04. The van der Waals surface area contributed by atoms with Gasteiger partial charge in [0.15, 0.2) is 0 Å². The summed E-state index contributed by atoms with van der Waals surface area (Å²) in [6, 6.07) is 7.57. The summed E-state index contributed by atoms with van der Waals surface area (Å²) in [5.74, 6) is 0.879. The molecule has 0 saturated heterocycles. The van der Waals surface area contributed by atoms with Gasteiger partial charge in [0.2, 0.25) is 10.0 Å². The average molecular weight is 298 g/mol. The molecule has 1 saturated carbocycles. The van der Waals surface area contributed by atoms with Crippen LogP contribution in [0.2, 0.25) is 0 Å². The van der Waals surface area contributed by atoms with Crippen LogP contribution in [-0.4, -0.2) is 33.4 Å².